The second kappa shape index (κ2) is 9.98. The number of hydrogen-bond acceptors (Lipinski definition) is 6. The number of carbonyl (C=O) groups is 2. The number of carbonyl (C=O) groups excluding carboxylic acids is 2. The van der Waals surface area contributed by atoms with Crippen molar-refractivity contribution >= 4 is 28.2 Å². The molecule has 1 aromatic heterocycles. The lowest BCUT2D eigenvalue weighted by Crippen LogP contribution is -2.17. The number of nitrogens with one attached hydrogen (secondary N) is 1. The number of rotatable bonds is 10. The maximum Gasteiger partial charge on any atom is 0.256 e. The van der Waals surface area contributed by atoms with Gasteiger partial charge in [0.2, 0.25) is 5.75 Å². The van der Waals surface area contributed by atoms with E-state index in [4.69, 9.17) is 19.9 Å². The van der Waals surface area contributed by atoms with Crippen LogP contribution in [-0.2, 0) is 6.42 Å². The zero-order valence-electron chi connectivity index (χ0n) is 16.6. The zero-order valence-corrected chi connectivity index (χ0v) is 17.4. The first-order valence-electron chi connectivity index (χ1n) is 9.25. The predicted molar refractivity (Wildman–Crippen MR) is 110 cm³/mol. The Morgan fingerprint density at radius 3 is 2.00 bits per heavy atom. The van der Waals surface area contributed by atoms with Crippen LogP contribution < -0.4 is 25.3 Å². The third-order valence-electron chi connectivity index (χ3n) is 3.80. The Labute approximate surface area is 168 Å². The molecule has 0 radical (unpaired) electrons. The Morgan fingerprint density at radius 2 is 1.54 bits per heavy atom. The molecule has 0 saturated carbocycles. The molecular weight excluding hydrogens is 380 g/mol. The predicted octanol–water partition coefficient (Wildman–Crippen LogP) is 3.86. The van der Waals surface area contributed by atoms with E-state index in [-0.39, 0.29) is 0 Å². The highest BCUT2D eigenvalue weighted by Crippen LogP contribution is 2.39. The first kappa shape index (κ1) is 21.6. The molecule has 0 aliphatic heterocycles. The van der Waals surface area contributed by atoms with Crippen molar-refractivity contribution in [1.82, 2.24) is 0 Å². The van der Waals surface area contributed by atoms with Crippen molar-refractivity contribution in [1.29, 1.82) is 0 Å². The molecule has 3 N–H and O–H groups in total. The minimum absolute atomic E-state index is 0.302. The number of ether oxygens (including phenoxy) is 3. The van der Waals surface area contributed by atoms with Crippen LogP contribution in [0, 0.1) is 0 Å². The van der Waals surface area contributed by atoms with Gasteiger partial charge in [0.15, 0.2) is 11.5 Å². The van der Waals surface area contributed by atoms with Gasteiger partial charge < -0.3 is 25.3 Å². The van der Waals surface area contributed by atoms with E-state index in [9.17, 15) is 9.59 Å². The number of hydrogen-bond donors (Lipinski definition) is 2. The second-order valence-corrected chi connectivity index (χ2v) is 6.86. The van der Waals surface area contributed by atoms with Crippen LogP contribution in [0.3, 0.4) is 0 Å². The van der Waals surface area contributed by atoms with Crippen LogP contribution in [0.25, 0.3) is 0 Å². The van der Waals surface area contributed by atoms with Gasteiger partial charge in [-0.3, -0.25) is 9.59 Å². The summed E-state index contributed by atoms with van der Waals surface area (Å²) in [5, 5.41) is 3.21. The quantitative estimate of drug-likeness (QED) is 0.624. The van der Waals surface area contributed by atoms with Gasteiger partial charge in [-0.1, -0.05) is 6.92 Å². The highest BCUT2D eigenvalue weighted by molar-refractivity contribution is 7.16. The molecule has 7 nitrogen and oxygen atoms in total. The summed E-state index contributed by atoms with van der Waals surface area (Å²) in [5.41, 5.74) is 6.07. The van der Waals surface area contributed by atoms with E-state index in [2.05, 4.69) is 5.32 Å². The summed E-state index contributed by atoms with van der Waals surface area (Å²) < 4.78 is 16.9. The highest BCUT2D eigenvalue weighted by atomic mass is 32.1. The normalized spacial score (nSPS) is 10.4. The summed E-state index contributed by atoms with van der Waals surface area (Å²) >= 11 is 1.33. The summed E-state index contributed by atoms with van der Waals surface area (Å²) in [6.45, 7) is 8.78. The lowest BCUT2D eigenvalue weighted by molar-refractivity contribution is 0.100. The van der Waals surface area contributed by atoms with Gasteiger partial charge in [-0.05, 0) is 45.4 Å². The molecule has 0 unspecified atom stereocenters. The molecule has 1 heterocycles. The first-order valence-corrected chi connectivity index (χ1v) is 10.1. The Hall–Kier alpha value is -2.74. The van der Waals surface area contributed by atoms with Crippen LogP contribution in [-0.4, -0.2) is 31.6 Å². The first-order chi connectivity index (χ1) is 13.4. The number of amides is 2. The molecule has 0 bridgehead atoms. The third-order valence-corrected chi connectivity index (χ3v) is 4.99. The molecule has 0 fully saturated rings. The molecule has 0 aliphatic rings. The van der Waals surface area contributed by atoms with Gasteiger partial charge in [-0.15, -0.1) is 11.3 Å². The molecule has 0 atom stereocenters. The van der Waals surface area contributed by atoms with E-state index in [1.807, 2.05) is 27.7 Å². The van der Waals surface area contributed by atoms with Crippen LogP contribution in [0.4, 0.5) is 5.00 Å². The Bertz CT molecular complexity index is 820. The van der Waals surface area contributed by atoms with E-state index in [0.29, 0.717) is 53.2 Å². The topological polar surface area (TPSA) is 99.9 Å². The van der Waals surface area contributed by atoms with Crippen molar-refractivity contribution in [2.45, 2.75) is 34.1 Å². The molecule has 152 valence electrons. The largest absolute Gasteiger partial charge is 0.490 e. The summed E-state index contributed by atoms with van der Waals surface area (Å²) in [5.74, 6) is 0.344. The lowest BCUT2D eigenvalue weighted by atomic mass is 10.1. The van der Waals surface area contributed by atoms with Crippen molar-refractivity contribution < 1.29 is 23.8 Å². The lowest BCUT2D eigenvalue weighted by Gasteiger charge is -2.17. The SMILES string of the molecule is CCOc1cc(C(=O)Nc2sc(CC)cc2C(N)=O)cc(OCC)c1OCC. The fourth-order valence-corrected chi connectivity index (χ4v) is 3.58. The fraction of sp³-hybridized carbons (Fsp3) is 0.400. The van der Waals surface area contributed by atoms with Crippen molar-refractivity contribution in [3.63, 3.8) is 0 Å². The van der Waals surface area contributed by atoms with Crippen LogP contribution in [0.15, 0.2) is 18.2 Å². The van der Waals surface area contributed by atoms with Crippen molar-refractivity contribution in [2.75, 3.05) is 25.1 Å². The molecule has 1 aromatic carbocycles. The van der Waals surface area contributed by atoms with Crippen molar-refractivity contribution in [2.24, 2.45) is 5.73 Å². The molecular formula is C20H26N2O5S. The molecule has 8 heteroatoms. The van der Waals surface area contributed by atoms with E-state index in [1.54, 1.807) is 18.2 Å². The Morgan fingerprint density at radius 1 is 0.964 bits per heavy atom. The van der Waals surface area contributed by atoms with Crippen LogP contribution in [0.1, 0.15) is 53.3 Å². The van der Waals surface area contributed by atoms with E-state index >= 15 is 0 Å². The number of nitrogens with two attached hydrogens (primary N) is 1. The number of anilines is 1. The molecule has 0 saturated heterocycles. The number of aryl methyl sites for hydroxylation is 1. The smallest absolute Gasteiger partial charge is 0.256 e. The monoisotopic (exact) mass is 406 g/mol. The standard InChI is InChI=1S/C20H26N2O5S/c1-5-13-11-14(18(21)23)20(28-13)22-19(24)12-9-15(25-6-2)17(27-8-4)16(10-12)26-7-3/h9-11H,5-8H2,1-4H3,(H2,21,23)(H,22,24). The maximum atomic E-state index is 12.9. The van der Waals surface area contributed by atoms with Crippen molar-refractivity contribution in [3.8, 4) is 17.2 Å². The minimum atomic E-state index is -0.581. The van der Waals surface area contributed by atoms with Crippen LogP contribution in [0.2, 0.25) is 0 Å². The number of thiophene rings is 1. The average molecular weight is 407 g/mol. The number of benzene rings is 1. The van der Waals surface area contributed by atoms with Gasteiger partial charge in [0.25, 0.3) is 11.8 Å². The molecule has 28 heavy (non-hydrogen) atoms. The average Bonchev–Trinajstić information content (AvgIpc) is 3.07. The molecule has 2 amide bonds. The molecule has 2 rings (SSSR count). The third kappa shape index (κ3) is 4.95. The summed E-state index contributed by atoms with van der Waals surface area (Å²) in [6, 6.07) is 4.91. The van der Waals surface area contributed by atoms with E-state index in [0.717, 1.165) is 11.3 Å². The van der Waals surface area contributed by atoms with Gasteiger partial charge in [-0.2, -0.15) is 0 Å². The van der Waals surface area contributed by atoms with E-state index in [1.165, 1.54) is 11.3 Å². The van der Waals surface area contributed by atoms with Gasteiger partial charge in [0, 0.05) is 10.4 Å². The minimum Gasteiger partial charge on any atom is -0.490 e. The van der Waals surface area contributed by atoms with Crippen LogP contribution >= 0.6 is 11.3 Å². The fourth-order valence-electron chi connectivity index (χ4n) is 2.59. The highest BCUT2D eigenvalue weighted by Gasteiger charge is 2.21. The molecule has 0 spiro atoms. The Kier molecular flexibility index (Phi) is 7.69. The summed E-state index contributed by atoms with van der Waals surface area (Å²) in [4.78, 5) is 25.5. The van der Waals surface area contributed by atoms with Gasteiger partial charge >= 0.3 is 0 Å². The van der Waals surface area contributed by atoms with E-state index < -0.39 is 11.8 Å². The Balaban J connectivity index is 2.42. The zero-order chi connectivity index (χ0) is 20.7. The molecule has 0 aliphatic carbocycles. The number of primary amides is 1. The van der Waals surface area contributed by atoms with Gasteiger partial charge in [-0.25, -0.2) is 0 Å². The van der Waals surface area contributed by atoms with Crippen molar-refractivity contribution in [3.05, 3.63) is 34.2 Å². The maximum absolute atomic E-state index is 12.9. The summed E-state index contributed by atoms with van der Waals surface area (Å²) in [6.07, 6.45) is 0.743. The van der Waals surface area contributed by atoms with Crippen LogP contribution in [0.5, 0.6) is 17.2 Å². The summed E-state index contributed by atoms with van der Waals surface area (Å²) in [7, 11) is 0. The molecule has 2 aromatic rings. The second-order valence-electron chi connectivity index (χ2n) is 5.73. The van der Waals surface area contributed by atoms with Gasteiger partial charge in [0.05, 0.1) is 25.4 Å². The van der Waals surface area contributed by atoms with Gasteiger partial charge in [0.1, 0.15) is 5.00 Å².